The normalized spacial score (nSPS) is 10.8. The summed E-state index contributed by atoms with van der Waals surface area (Å²) < 4.78 is 11.7. The monoisotopic (exact) mass is 267 g/mol. The first-order chi connectivity index (χ1) is 8.86. The molecule has 3 nitrogen and oxygen atoms in total. The molecule has 1 rings (SSSR count). The summed E-state index contributed by atoms with van der Waals surface area (Å²) in [5.41, 5.74) is 1.09. The number of rotatable bonds is 10. The average Bonchev–Trinajstić information content (AvgIpc) is 2.40. The van der Waals surface area contributed by atoms with Crippen molar-refractivity contribution < 1.29 is 8.85 Å². The lowest BCUT2D eigenvalue weighted by Crippen LogP contribution is -2.33. The molecule has 0 heterocycles. The van der Waals surface area contributed by atoms with Crippen LogP contribution in [0.4, 0.5) is 5.69 Å². The molecular weight excluding hydrogens is 242 g/mol. The van der Waals surface area contributed by atoms with E-state index in [9.17, 15) is 0 Å². The van der Waals surface area contributed by atoms with Crippen LogP contribution in [0.3, 0.4) is 0 Å². The van der Waals surface area contributed by atoms with E-state index in [0.717, 1.165) is 44.6 Å². The van der Waals surface area contributed by atoms with Crippen LogP contribution in [-0.2, 0) is 8.85 Å². The zero-order valence-electron chi connectivity index (χ0n) is 11.5. The fourth-order valence-electron chi connectivity index (χ4n) is 1.47. The van der Waals surface area contributed by atoms with Gasteiger partial charge in [0.15, 0.2) is 0 Å². The van der Waals surface area contributed by atoms with Gasteiger partial charge in [0.2, 0.25) is 0 Å². The summed E-state index contributed by atoms with van der Waals surface area (Å²) in [6.07, 6.45) is 4.50. The molecule has 1 N–H and O–H groups in total. The number of hydrogen-bond acceptors (Lipinski definition) is 3. The third-order valence-corrected chi connectivity index (χ3v) is 4.24. The van der Waals surface area contributed by atoms with Crippen molar-refractivity contribution in [1.29, 1.82) is 0 Å². The maximum absolute atomic E-state index is 5.84. The molecule has 1 aromatic rings. The Bertz CT molecular complexity index is 285. The van der Waals surface area contributed by atoms with Gasteiger partial charge in [-0.1, -0.05) is 44.9 Å². The van der Waals surface area contributed by atoms with Crippen molar-refractivity contribution in [2.45, 2.75) is 39.5 Å². The van der Waals surface area contributed by atoms with Gasteiger partial charge in [0.25, 0.3) is 0 Å². The van der Waals surface area contributed by atoms with Crippen LogP contribution in [0.5, 0.6) is 0 Å². The molecule has 0 aromatic heterocycles. The first-order valence-corrected chi connectivity index (χ1v) is 8.43. The van der Waals surface area contributed by atoms with Gasteiger partial charge in [-0.15, -0.1) is 0 Å². The number of hydrogen-bond donors (Lipinski definition) is 1. The largest absolute Gasteiger partial charge is 0.440 e. The number of nitrogens with one attached hydrogen (secondary N) is 1. The summed E-state index contributed by atoms with van der Waals surface area (Å²) in [6, 6.07) is 10.1. The van der Waals surface area contributed by atoms with Crippen LogP contribution in [0.2, 0.25) is 0 Å². The second-order valence-corrected chi connectivity index (χ2v) is 5.91. The van der Waals surface area contributed by atoms with E-state index in [4.69, 9.17) is 8.85 Å². The van der Waals surface area contributed by atoms with Crippen LogP contribution in [0.15, 0.2) is 30.3 Å². The lowest BCUT2D eigenvalue weighted by molar-refractivity contribution is 0.197. The molecule has 0 bridgehead atoms. The van der Waals surface area contributed by atoms with Gasteiger partial charge in [0, 0.05) is 18.9 Å². The zero-order valence-corrected chi connectivity index (χ0v) is 12.7. The molecule has 0 aliphatic carbocycles. The molecule has 4 heteroatoms. The lowest BCUT2D eigenvalue weighted by Gasteiger charge is -2.18. The smallest absolute Gasteiger partial charge is 0.381 e. The van der Waals surface area contributed by atoms with Gasteiger partial charge >= 0.3 is 9.45 Å². The second-order valence-electron chi connectivity index (χ2n) is 4.29. The van der Waals surface area contributed by atoms with Crippen LogP contribution in [-0.4, -0.2) is 22.7 Å². The SMILES string of the molecule is CCCCO[SiH](Nc1ccccc1)OCCCC. The molecule has 0 atom stereocenters. The molecular formula is C14H25NO2Si. The standard InChI is InChI=1S/C14H25NO2Si/c1-3-5-12-16-18(17-13-6-4-2)15-14-10-8-7-9-11-14/h7-11,15,18H,3-6,12-13H2,1-2H3. The molecule has 0 radical (unpaired) electrons. The predicted octanol–water partition coefficient (Wildman–Crippen LogP) is 3.45. The van der Waals surface area contributed by atoms with E-state index in [1.54, 1.807) is 0 Å². The Kier molecular flexibility index (Phi) is 8.55. The Balaban J connectivity index is 2.37. The molecule has 0 spiro atoms. The van der Waals surface area contributed by atoms with Crippen molar-refractivity contribution in [1.82, 2.24) is 0 Å². The Morgan fingerprint density at radius 3 is 2.00 bits per heavy atom. The molecule has 0 aliphatic heterocycles. The van der Waals surface area contributed by atoms with Crippen LogP contribution >= 0.6 is 0 Å². The minimum atomic E-state index is -1.77. The van der Waals surface area contributed by atoms with E-state index in [2.05, 4.69) is 18.8 Å². The number of unbranched alkanes of at least 4 members (excludes halogenated alkanes) is 2. The van der Waals surface area contributed by atoms with E-state index in [0.29, 0.717) is 0 Å². The minimum absolute atomic E-state index is 0.791. The number of anilines is 1. The highest BCUT2D eigenvalue weighted by atomic mass is 28.3. The number of para-hydroxylation sites is 1. The summed E-state index contributed by atoms with van der Waals surface area (Å²) in [6.45, 7) is 5.92. The highest BCUT2D eigenvalue weighted by Crippen LogP contribution is 2.07. The third-order valence-electron chi connectivity index (χ3n) is 2.59. The highest BCUT2D eigenvalue weighted by molar-refractivity contribution is 6.48. The van der Waals surface area contributed by atoms with Crippen LogP contribution in [0, 0.1) is 0 Å². The Labute approximate surface area is 112 Å². The van der Waals surface area contributed by atoms with Crippen molar-refractivity contribution in [3.05, 3.63) is 30.3 Å². The molecule has 0 amide bonds. The summed E-state index contributed by atoms with van der Waals surface area (Å²) in [7, 11) is -1.77. The first kappa shape index (κ1) is 15.2. The van der Waals surface area contributed by atoms with Crippen molar-refractivity contribution in [3.8, 4) is 0 Å². The maximum Gasteiger partial charge on any atom is 0.440 e. The van der Waals surface area contributed by atoms with Crippen LogP contribution in [0.25, 0.3) is 0 Å². The average molecular weight is 267 g/mol. The first-order valence-electron chi connectivity index (χ1n) is 6.91. The van der Waals surface area contributed by atoms with Gasteiger partial charge in [-0.2, -0.15) is 0 Å². The molecule has 102 valence electrons. The van der Waals surface area contributed by atoms with E-state index in [1.807, 2.05) is 30.3 Å². The minimum Gasteiger partial charge on any atom is -0.381 e. The zero-order chi connectivity index (χ0) is 13.1. The molecule has 1 aromatic carbocycles. The van der Waals surface area contributed by atoms with E-state index >= 15 is 0 Å². The Morgan fingerprint density at radius 1 is 0.944 bits per heavy atom. The van der Waals surface area contributed by atoms with Gasteiger partial charge in [0.1, 0.15) is 0 Å². The second kappa shape index (κ2) is 10.1. The third kappa shape index (κ3) is 6.79. The summed E-state index contributed by atoms with van der Waals surface area (Å²) in [4.78, 5) is 3.39. The maximum atomic E-state index is 5.84. The van der Waals surface area contributed by atoms with Crippen molar-refractivity contribution in [2.75, 3.05) is 18.2 Å². The van der Waals surface area contributed by atoms with Crippen LogP contribution in [0.1, 0.15) is 39.5 Å². The fourth-order valence-corrected chi connectivity index (χ4v) is 2.96. The topological polar surface area (TPSA) is 30.5 Å². The molecule has 0 saturated heterocycles. The van der Waals surface area contributed by atoms with Crippen LogP contribution < -0.4 is 4.98 Å². The molecule has 0 unspecified atom stereocenters. The quantitative estimate of drug-likeness (QED) is 0.520. The van der Waals surface area contributed by atoms with E-state index in [-0.39, 0.29) is 0 Å². The van der Waals surface area contributed by atoms with E-state index < -0.39 is 9.45 Å². The summed E-state index contributed by atoms with van der Waals surface area (Å²) >= 11 is 0. The lowest BCUT2D eigenvalue weighted by atomic mass is 10.3. The predicted molar refractivity (Wildman–Crippen MR) is 78.9 cm³/mol. The molecule has 18 heavy (non-hydrogen) atoms. The van der Waals surface area contributed by atoms with Gasteiger partial charge in [-0.25, -0.2) is 0 Å². The van der Waals surface area contributed by atoms with Gasteiger partial charge in [-0.05, 0) is 25.0 Å². The Morgan fingerprint density at radius 2 is 1.50 bits per heavy atom. The molecule has 0 fully saturated rings. The molecule has 0 aliphatic rings. The fraction of sp³-hybridized carbons (Fsp3) is 0.571. The van der Waals surface area contributed by atoms with E-state index in [1.165, 1.54) is 0 Å². The highest BCUT2D eigenvalue weighted by Gasteiger charge is 2.13. The van der Waals surface area contributed by atoms with Gasteiger partial charge in [0.05, 0.1) is 0 Å². The van der Waals surface area contributed by atoms with Gasteiger partial charge < -0.3 is 13.8 Å². The van der Waals surface area contributed by atoms with Crippen molar-refractivity contribution in [2.24, 2.45) is 0 Å². The number of benzene rings is 1. The van der Waals surface area contributed by atoms with Crippen molar-refractivity contribution >= 4 is 15.1 Å². The van der Waals surface area contributed by atoms with Gasteiger partial charge in [-0.3, -0.25) is 0 Å². The summed E-state index contributed by atoms with van der Waals surface area (Å²) in [5, 5.41) is 0. The van der Waals surface area contributed by atoms with Crippen molar-refractivity contribution in [3.63, 3.8) is 0 Å². The summed E-state index contributed by atoms with van der Waals surface area (Å²) in [5.74, 6) is 0. The Hall–Kier alpha value is -0.843. The molecule has 0 saturated carbocycles.